The lowest BCUT2D eigenvalue weighted by atomic mass is 9.97. The minimum Gasteiger partial charge on any atom is -0.456 e. The van der Waals surface area contributed by atoms with Gasteiger partial charge >= 0.3 is 0 Å². The van der Waals surface area contributed by atoms with E-state index in [1.54, 1.807) is 0 Å². The van der Waals surface area contributed by atoms with Gasteiger partial charge in [0.25, 0.3) is 0 Å². The molecule has 0 unspecified atom stereocenters. The van der Waals surface area contributed by atoms with Crippen LogP contribution in [-0.2, 0) is 0 Å². The minimum absolute atomic E-state index is 0.0362. The molecule has 0 aliphatic carbocycles. The van der Waals surface area contributed by atoms with Crippen molar-refractivity contribution in [2.45, 2.75) is 0 Å². The summed E-state index contributed by atoms with van der Waals surface area (Å²) in [7, 11) is 0. The van der Waals surface area contributed by atoms with Crippen molar-refractivity contribution in [3.05, 3.63) is 151 Å². The number of furan rings is 1. The van der Waals surface area contributed by atoms with Crippen LogP contribution >= 0.6 is 11.3 Å². The van der Waals surface area contributed by atoms with Crippen LogP contribution in [0.1, 0.15) is 12.3 Å². The molecule has 7 aromatic carbocycles. The SMILES string of the molecule is [2H]c1c(-c2nc(-c3ccccc3)nc(-c3cc(-c4ccccc4)c4c(c3)oc3ccccc34)n2)c([2H])c2c(sc3c4c([2H])c([2H])c([2H])c([2H])c4c([2H])c([2H])c32)c1[2H]. The molecule has 3 heterocycles. The fourth-order valence-electron chi connectivity index (χ4n) is 6.18. The largest absolute Gasteiger partial charge is 0.456 e. The van der Waals surface area contributed by atoms with Crippen molar-refractivity contribution in [2.24, 2.45) is 0 Å². The highest BCUT2D eigenvalue weighted by Gasteiger charge is 2.19. The van der Waals surface area contributed by atoms with Gasteiger partial charge in [-0.3, -0.25) is 0 Å². The summed E-state index contributed by atoms with van der Waals surface area (Å²) in [5.74, 6) is 0.448. The molecule has 0 aliphatic rings. The monoisotopic (exact) mass is 640 g/mol. The molecule has 0 saturated heterocycles. The Hall–Kier alpha value is -6.17. The topological polar surface area (TPSA) is 51.8 Å². The quantitative estimate of drug-likeness (QED) is 0.192. The van der Waals surface area contributed by atoms with E-state index in [1.807, 2.05) is 97.1 Å². The summed E-state index contributed by atoms with van der Waals surface area (Å²) in [6, 6.07) is 27.3. The third-order valence-electron chi connectivity index (χ3n) is 8.40. The Labute approximate surface area is 292 Å². The van der Waals surface area contributed by atoms with Crippen LogP contribution in [0, 0.1) is 0 Å². The fourth-order valence-corrected chi connectivity index (χ4v) is 7.26. The number of fused-ring (bicyclic) bond motifs is 8. The Morgan fingerprint density at radius 3 is 2.06 bits per heavy atom. The molecule has 0 saturated carbocycles. The van der Waals surface area contributed by atoms with E-state index in [-0.39, 0.29) is 84.2 Å². The molecule has 4 nitrogen and oxygen atoms in total. The lowest BCUT2D eigenvalue weighted by Gasteiger charge is -2.11. The molecule has 0 aliphatic heterocycles. The minimum atomic E-state index is -0.519. The molecule has 48 heavy (non-hydrogen) atoms. The van der Waals surface area contributed by atoms with Crippen molar-refractivity contribution in [3.8, 4) is 45.3 Å². The first-order chi connectivity index (χ1) is 27.5. The van der Waals surface area contributed by atoms with Gasteiger partial charge in [-0.25, -0.2) is 15.0 Å². The van der Waals surface area contributed by atoms with Crippen LogP contribution in [0.25, 0.3) is 98.2 Å². The number of aromatic nitrogens is 3. The molecular formula is C43H25N3OS. The lowest BCUT2D eigenvalue weighted by molar-refractivity contribution is 0.669. The Morgan fingerprint density at radius 1 is 0.521 bits per heavy atom. The maximum Gasteiger partial charge on any atom is 0.164 e. The second kappa shape index (κ2) is 10.7. The van der Waals surface area contributed by atoms with Crippen LogP contribution in [0.3, 0.4) is 0 Å². The van der Waals surface area contributed by atoms with Gasteiger partial charge in [-0.2, -0.15) is 0 Å². The van der Waals surface area contributed by atoms with Crippen molar-refractivity contribution < 1.29 is 16.8 Å². The Balaban J connectivity index is 1.29. The zero-order chi connectivity index (χ0) is 39.4. The van der Waals surface area contributed by atoms with Crippen LogP contribution < -0.4 is 0 Å². The van der Waals surface area contributed by atoms with Gasteiger partial charge in [0.2, 0.25) is 0 Å². The number of hydrogen-bond donors (Lipinski definition) is 0. The second-order valence-electron chi connectivity index (χ2n) is 11.3. The lowest BCUT2D eigenvalue weighted by Crippen LogP contribution is -2.00. The summed E-state index contributed by atoms with van der Waals surface area (Å²) in [6.45, 7) is 0. The predicted molar refractivity (Wildman–Crippen MR) is 199 cm³/mol. The van der Waals surface area contributed by atoms with E-state index >= 15 is 0 Å². The Morgan fingerprint density at radius 2 is 1.23 bits per heavy atom. The molecule has 0 atom stereocenters. The molecule has 10 aromatic rings. The highest BCUT2D eigenvalue weighted by molar-refractivity contribution is 7.26. The van der Waals surface area contributed by atoms with Gasteiger partial charge in [-0.05, 0) is 58.2 Å². The summed E-state index contributed by atoms with van der Waals surface area (Å²) in [5.41, 5.74) is 4.31. The molecule has 224 valence electrons. The molecular weight excluding hydrogens is 607 g/mol. The number of benzene rings is 7. The van der Waals surface area contributed by atoms with E-state index in [4.69, 9.17) is 27.6 Å². The zero-order valence-corrected chi connectivity index (χ0v) is 25.7. The average molecular weight is 641 g/mol. The molecule has 0 radical (unpaired) electrons. The van der Waals surface area contributed by atoms with Gasteiger partial charge in [-0.1, -0.05) is 115 Å². The van der Waals surface area contributed by atoms with Crippen molar-refractivity contribution in [1.82, 2.24) is 15.0 Å². The summed E-state index contributed by atoms with van der Waals surface area (Å²) in [5, 5.41) is 2.00. The van der Waals surface area contributed by atoms with Gasteiger partial charge in [0, 0.05) is 47.6 Å². The van der Waals surface area contributed by atoms with Crippen LogP contribution in [0.5, 0.6) is 0 Å². The first-order valence-corrected chi connectivity index (χ1v) is 16.0. The van der Waals surface area contributed by atoms with E-state index in [0.29, 0.717) is 22.3 Å². The fraction of sp³-hybridized carbons (Fsp3) is 0. The number of rotatable bonds is 4. The molecule has 0 bridgehead atoms. The van der Waals surface area contributed by atoms with Gasteiger partial charge < -0.3 is 4.42 Å². The standard InChI is InChI=1S/C43H25N3OS/c1-3-11-26(12-4-1)34-24-30(25-37-39(34)33-17-9-10-18-36(33)47-37)43-45-41(28-14-5-2-6-15-28)44-42(46-43)29-20-22-38-35(23-29)32-21-19-27-13-7-8-16-31(27)40(32)48-38/h1-25H/i7D,8D,13D,16D,19D,20D,21D,22D,23D. The normalized spacial score (nSPS) is 14.4. The van der Waals surface area contributed by atoms with Gasteiger partial charge in [0.1, 0.15) is 11.2 Å². The predicted octanol–water partition coefficient (Wildman–Crippen LogP) is 12.0. The Bertz CT molecular complexity index is 3350. The maximum atomic E-state index is 9.62. The van der Waals surface area contributed by atoms with Crippen LogP contribution in [0.2, 0.25) is 0 Å². The molecule has 0 N–H and O–H groups in total. The van der Waals surface area contributed by atoms with E-state index in [9.17, 15) is 4.11 Å². The highest BCUT2D eigenvalue weighted by Crippen LogP contribution is 2.42. The van der Waals surface area contributed by atoms with Crippen LogP contribution in [0.4, 0.5) is 0 Å². The number of hydrogen-bond acceptors (Lipinski definition) is 5. The molecule has 10 rings (SSSR count). The van der Waals surface area contributed by atoms with E-state index in [0.717, 1.165) is 33.2 Å². The summed E-state index contributed by atoms with van der Waals surface area (Å²) >= 11 is 0.970. The van der Waals surface area contributed by atoms with E-state index in [1.165, 1.54) is 0 Å². The Kier molecular flexibility index (Phi) is 4.34. The van der Waals surface area contributed by atoms with Crippen LogP contribution in [-0.4, -0.2) is 15.0 Å². The number of para-hydroxylation sites is 1. The zero-order valence-electron chi connectivity index (χ0n) is 33.9. The third kappa shape index (κ3) is 4.33. The third-order valence-corrected chi connectivity index (χ3v) is 9.52. The van der Waals surface area contributed by atoms with Crippen LogP contribution in [0.15, 0.2) is 156 Å². The average Bonchev–Trinajstić information content (AvgIpc) is 3.83. The summed E-state index contributed by atoms with van der Waals surface area (Å²) < 4.78 is 86.7. The van der Waals surface area contributed by atoms with Gasteiger partial charge in [0.15, 0.2) is 17.5 Å². The summed E-state index contributed by atoms with van der Waals surface area (Å²) in [6.07, 6.45) is 0. The highest BCUT2D eigenvalue weighted by atomic mass is 32.1. The van der Waals surface area contributed by atoms with E-state index in [2.05, 4.69) is 0 Å². The maximum absolute atomic E-state index is 9.62. The van der Waals surface area contributed by atoms with Gasteiger partial charge in [-0.15, -0.1) is 11.3 Å². The van der Waals surface area contributed by atoms with Gasteiger partial charge in [0.05, 0.1) is 12.3 Å². The first kappa shape index (κ1) is 19.5. The van der Waals surface area contributed by atoms with E-state index < -0.39 is 24.2 Å². The number of thiophene rings is 1. The first-order valence-electron chi connectivity index (χ1n) is 19.7. The molecule has 0 fully saturated rings. The smallest absolute Gasteiger partial charge is 0.164 e. The molecule has 0 spiro atoms. The van der Waals surface area contributed by atoms with Crippen molar-refractivity contribution in [1.29, 1.82) is 0 Å². The molecule has 0 amide bonds. The molecule has 3 aromatic heterocycles. The van der Waals surface area contributed by atoms with Crippen molar-refractivity contribution >= 4 is 64.2 Å². The molecule has 5 heteroatoms. The summed E-state index contributed by atoms with van der Waals surface area (Å²) in [4.78, 5) is 14.6. The number of nitrogens with zero attached hydrogens (tertiary/aromatic N) is 3. The second-order valence-corrected chi connectivity index (χ2v) is 12.3. The van der Waals surface area contributed by atoms with Crippen molar-refractivity contribution in [2.75, 3.05) is 0 Å². The van der Waals surface area contributed by atoms with Crippen molar-refractivity contribution in [3.63, 3.8) is 0 Å².